The molecule has 0 saturated carbocycles. The van der Waals surface area contributed by atoms with Crippen molar-refractivity contribution in [1.82, 2.24) is 19.7 Å². The molecule has 2 heterocycles. The lowest BCUT2D eigenvalue weighted by Gasteiger charge is -2.22. The molecule has 2 aromatic rings. The van der Waals surface area contributed by atoms with Crippen LogP contribution in [0.5, 0.6) is 0 Å². The van der Waals surface area contributed by atoms with Gasteiger partial charge >= 0.3 is 5.97 Å². The zero-order valence-corrected chi connectivity index (χ0v) is 13.0. The Balaban J connectivity index is 2.42. The van der Waals surface area contributed by atoms with E-state index in [1.165, 1.54) is 6.33 Å². The normalized spacial score (nSPS) is 13.4. The first-order valence-electron chi connectivity index (χ1n) is 6.85. The number of hydrogen-bond acceptors (Lipinski definition) is 5. The molecule has 7 heteroatoms. The summed E-state index contributed by atoms with van der Waals surface area (Å²) >= 11 is 0. The predicted octanol–water partition coefficient (Wildman–Crippen LogP) is 1.74. The van der Waals surface area contributed by atoms with Gasteiger partial charge in [0.15, 0.2) is 5.65 Å². The van der Waals surface area contributed by atoms with E-state index in [9.17, 15) is 4.79 Å². The summed E-state index contributed by atoms with van der Waals surface area (Å²) in [6.45, 7) is 8.21. The van der Waals surface area contributed by atoms with E-state index in [1.807, 2.05) is 16.6 Å². The van der Waals surface area contributed by atoms with Crippen LogP contribution in [0.15, 0.2) is 12.5 Å². The van der Waals surface area contributed by atoms with Gasteiger partial charge in [0.05, 0.1) is 23.0 Å². The van der Waals surface area contributed by atoms with Gasteiger partial charge in [-0.3, -0.25) is 4.79 Å². The third-order valence-corrected chi connectivity index (χ3v) is 3.31. The first-order chi connectivity index (χ1) is 9.71. The summed E-state index contributed by atoms with van der Waals surface area (Å²) in [6, 6.07) is 0. The number of aromatic nitrogens is 4. The number of nitrogens with zero attached hydrogens (tertiary/aromatic N) is 5. The third kappa shape index (κ3) is 2.96. The standard InChI is InChI=1S/C14H21N5O2/c1-9(13(20)21)7-18(5)11-10-6-17-19(14(2,3)4)12(10)16-8-15-11/h6,8-9H,7H2,1-5H3,(H,20,21). The maximum absolute atomic E-state index is 11.0. The summed E-state index contributed by atoms with van der Waals surface area (Å²) < 4.78 is 1.85. The van der Waals surface area contributed by atoms with Crippen LogP contribution in [0.3, 0.4) is 0 Å². The zero-order valence-electron chi connectivity index (χ0n) is 13.0. The Morgan fingerprint density at radius 1 is 1.43 bits per heavy atom. The van der Waals surface area contributed by atoms with E-state index >= 15 is 0 Å². The van der Waals surface area contributed by atoms with Crippen LogP contribution < -0.4 is 4.90 Å². The van der Waals surface area contributed by atoms with Crippen molar-refractivity contribution in [3.63, 3.8) is 0 Å². The molecule has 2 aromatic heterocycles. The van der Waals surface area contributed by atoms with E-state index in [1.54, 1.807) is 13.1 Å². The van der Waals surface area contributed by atoms with Crippen LogP contribution in [0.1, 0.15) is 27.7 Å². The number of carboxylic acids is 1. The third-order valence-electron chi connectivity index (χ3n) is 3.31. The van der Waals surface area contributed by atoms with Crippen molar-refractivity contribution in [2.75, 3.05) is 18.5 Å². The average molecular weight is 291 g/mol. The van der Waals surface area contributed by atoms with Crippen molar-refractivity contribution in [3.05, 3.63) is 12.5 Å². The molecule has 1 atom stereocenters. The highest BCUT2D eigenvalue weighted by Crippen LogP contribution is 2.26. The van der Waals surface area contributed by atoms with Crippen LogP contribution in [0, 0.1) is 5.92 Å². The lowest BCUT2D eigenvalue weighted by Crippen LogP contribution is -2.29. The number of rotatable bonds is 4. The average Bonchev–Trinajstić information content (AvgIpc) is 2.81. The van der Waals surface area contributed by atoms with E-state index in [-0.39, 0.29) is 5.54 Å². The monoisotopic (exact) mass is 291 g/mol. The zero-order chi connectivity index (χ0) is 15.8. The second-order valence-electron chi connectivity index (χ2n) is 6.28. The summed E-state index contributed by atoms with van der Waals surface area (Å²) in [6.07, 6.45) is 3.22. The molecule has 1 N–H and O–H groups in total. The van der Waals surface area contributed by atoms with Gasteiger partial charge in [-0.2, -0.15) is 5.10 Å². The largest absolute Gasteiger partial charge is 0.481 e. The molecule has 0 aliphatic heterocycles. The minimum absolute atomic E-state index is 0.180. The van der Waals surface area contributed by atoms with E-state index in [2.05, 4.69) is 35.8 Å². The minimum atomic E-state index is -0.822. The van der Waals surface area contributed by atoms with Crippen molar-refractivity contribution in [2.45, 2.75) is 33.2 Å². The fourth-order valence-corrected chi connectivity index (χ4v) is 2.20. The first-order valence-corrected chi connectivity index (χ1v) is 6.85. The van der Waals surface area contributed by atoms with Crippen LogP contribution in [0.4, 0.5) is 5.82 Å². The highest BCUT2D eigenvalue weighted by atomic mass is 16.4. The summed E-state index contributed by atoms with van der Waals surface area (Å²) in [7, 11) is 1.83. The Morgan fingerprint density at radius 3 is 2.67 bits per heavy atom. The molecular formula is C14H21N5O2. The van der Waals surface area contributed by atoms with E-state index in [4.69, 9.17) is 5.11 Å². The summed E-state index contributed by atoms with van der Waals surface area (Å²) in [4.78, 5) is 21.4. The van der Waals surface area contributed by atoms with E-state index < -0.39 is 11.9 Å². The number of carbonyl (C=O) groups is 1. The van der Waals surface area contributed by atoms with Gasteiger partial charge in [0.2, 0.25) is 0 Å². The number of hydrogen-bond donors (Lipinski definition) is 1. The second kappa shape index (κ2) is 5.31. The van der Waals surface area contributed by atoms with Crippen LogP contribution >= 0.6 is 0 Å². The molecule has 0 spiro atoms. The fraction of sp³-hybridized carbons (Fsp3) is 0.571. The van der Waals surface area contributed by atoms with Gasteiger partial charge in [-0.1, -0.05) is 6.92 Å². The fourth-order valence-electron chi connectivity index (χ4n) is 2.20. The van der Waals surface area contributed by atoms with Crippen LogP contribution in [0.25, 0.3) is 11.0 Å². The Bertz CT molecular complexity index is 659. The van der Waals surface area contributed by atoms with Gasteiger partial charge in [0.1, 0.15) is 12.1 Å². The maximum Gasteiger partial charge on any atom is 0.308 e. The van der Waals surface area contributed by atoms with Gasteiger partial charge < -0.3 is 10.0 Å². The number of anilines is 1. The molecule has 0 aromatic carbocycles. The van der Waals surface area contributed by atoms with Crippen molar-refractivity contribution in [3.8, 4) is 0 Å². The van der Waals surface area contributed by atoms with Gasteiger partial charge in [-0.25, -0.2) is 14.6 Å². The molecule has 2 rings (SSSR count). The summed E-state index contributed by atoms with van der Waals surface area (Å²) in [5, 5.41) is 14.2. The molecule has 114 valence electrons. The Hall–Kier alpha value is -2.18. The molecule has 0 aliphatic rings. The lowest BCUT2D eigenvalue weighted by molar-refractivity contribution is -0.140. The molecule has 1 unspecified atom stereocenters. The maximum atomic E-state index is 11.0. The molecule has 21 heavy (non-hydrogen) atoms. The number of fused-ring (bicyclic) bond motifs is 1. The van der Waals surface area contributed by atoms with Crippen molar-refractivity contribution >= 4 is 22.8 Å². The van der Waals surface area contributed by atoms with Crippen molar-refractivity contribution in [2.24, 2.45) is 5.92 Å². The summed E-state index contributed by atoms with van der Waals surface area (Å²) in [5.74, 6) is -0.598. The Labute approximate surface area is 123 Å². The number of carboxylic acid groups (broad SMARTS) is 1. The van der Waals surface area contributed by atoms with Gasteiger partial charge in [-0.15, -0.1) is 0 Å². The van der Waals surface area contributed by atoms with Gasteiger partial charge in [0.25, 0.3) is 0 Å². The van der Waals surface area contributed by atoms with E-state index in [0.717, 1.165) is 11.0 Å². The molecule has 0 amide bonds. The van der Waals surface area contributed by atoms with Crippen LogP contribution in [-0.4, -0.2) is 44.4 Å². The Kier molecular flexibility index (Phi) is 3.85. The second-order valence-corrected chi connectivity index (χ2v) is 6.28. The first kappa shape index (κ1) is 15.2. The smallest absolute Gasteiger partial charge is 0.308 e. The molecule has 7 nitrogen and oxygen atoms in total. The number of aliphatic carboxylic acids is 1. The molecule has 0 aliphatic carbocycles. The molecular weight excluding hydrogens is 270 g/mol. The molecule has 0 saturated heterocycles. The van der Waals surface area contributed by atoms with Gasteiger partial charge in [0, 0.05) is 13.6 Å². The van der Waals surface area contributed by atoms with E-state index in [0.29, 0.717) is 12.4 Å². The highest BCUT2D eigenvalue weighted by molar-refractivity contribution is 5.87. The molecule has 0 bridgehead atoms. The minimum Gasteiger partial charge on any atom is -0.481 e. The van der Waals surface area contributed by atoms with Crippen LogP contribution in [-0.2, 0) is 10.3 Å². The predicted molar refractivity (Wildman–Crippen MR) is 80.4 cm³/mol. The van der Waals surface area contributed by atoms with Crippen molar-refractivity contribution in [1.29, 1.82) is 0 Å². The molecule has 0 radical (unpaired) electrons. The van der Waals surface area contributed by atoms with Gasteiger partial charge in [-0.05, 0) is 20.8 Å². The molecule has 0 fully saturated rings. The topological polar surface area (TPSA) is 84.1 Å². The van der Waals surface area contributed by atoms with Crippen LogP contribution in [0.2, 0.25) is 0 Å². The SMILES string of the molecule is CC(CN(C)c1ncnc2c1cnn2C(C)(C)C)C(=O)O. The Morgan fingerprint density at radius 2 is 2.10 bits per heavy atom. The highest BCUT2D eigenvalue weighted by Gasteiger charge is 2.22. The van der Waals surface area contributed by atoms with Crippen molar-refractivity contribution < 1.29 is 9.90 Å². The summed E-state index contributed by atoms with van der Waals surface area (Å²) in [5.41, 5.74) is 0.572. The quantitative estimate of drug-likeness (QED) is 0.923. The lowest BCUT2D eigenvalue weighted by atomic mass is 10.1.